The number of rotatable bonds is 8. The normalized spacial score (nSPS) is 20.2. The maximum atomic E-state index is 5.91. The third-order valence-corrected chi connectivity index (χ3v) is 4.93. The molecule has 2 aromatic carbocycles. The zero-order chi connectivity index (χ0) is 16.6. The zero-order valence-corrected chi connectivity index (χ0v) is 14.3. The average molecular weight is 324 g/mol. The largest absolute Gasteiger partial charge is 0.489 e. The second-order valence-electron chi connectivity index (χ2n) is 6.66. The van der Waals surface area contributed by atoms with Crippen LogP contribution in [0.2, 0.25) is 0 Å². The number of ether oxygens (including phenoxy) is 1. The lowest BCUT2D eigenvalue weighted by atomic mass is 10.0. The molecule has 3 rings (SSSR count). The minimum Gasteiger partial charge on any atom is -0.489 e. The molecule has 0 amide bonds. The van der Waals surface area contributed by atoms with Crippen LogP contribution in [0.1, 0.15) is 30.4 Å². The fourth-order valence-corrected chi connectivity index (χ4v) is 3.52. The number of hydrogen-bond acceptors (Lipinski definition) is 3. The van der Waals surface area contributed by atoms with Crippen LogP contribution >= 0.6 is 0 Å². The van der Waals surface area contributed by atoms with Gasteiger partial charge in [-0.25, -0.2) is 0 Å². The average Bonchev–Trinajstić information content (AvgIpc) is 3.09. The van der Waals surface area contributed by atoms with Gasteiger partial charge in [-0.3, -0.25) is 0 Å². The third kappa shape index (κ3) is 4.83. The molecule has 0 heterocycles. The molecule has 0 aliphatic heterocycles. The summed E-state index contributed by atoms with van der Waals surface area (Å²) in [5.74, 6) is 1.60. The van der Waals surface area contributed by atoms with Crippen LogP contribution in [0.5, 0.6) is 5.75 Å². The standard InChI is InChI=1S/C21H28N2O/c22-15-19-9-5-11-21(19)23-13-12-17-8-4-10-20(14-17)24-16-18-6-2-1-3-7-18/h1-4,6-8,10,14,19,21,23H,5,9,11-13,15-16,22H2. The third-order valence-electron chi connectivity index (χ3n) is 4.93. The molecule has 0 bridgehead atoms. The van der Waals surface area contributed by atoms with Gasteiger partial charge in [0.2, 0.25) is 0 Å². The van der Waals surface area contributed by atoms with Crippen LogP contribution in [-0.4, -0.2) is 19.1 Å². The van der Waals surface area contributed by atoms with Crippen LogP contribution in [0.3, 0.4) is 0 Å². The molecule has 1 saturated carbocycles. The van der Waals surface area contributed by atoms with E-state index < -0.39 is 0 Å². The van der Waals surface area contributed by atoms with Gasteiger partial charge in [0.1, 0.15) is 12.4 Å². The summed E-state index contributed by atoms with van der Waals surface area (Å²) in [4.78, 5) is 0. The number of nitrogens with two attached hydrogens (primary N) is 1. The van der Waals surface area contributed by atoms with Gasteiger partial charge in [0.05, 0.1) is 0 Å². The summed E-state index contributed by atoms with van der Waals surface area (Å²) in [5.41, 5.74) is 8.36. The van der Waals surface area contributed by atoms with E-state index in [1.165, 1.54) is 30.4 Å². The van der Waals surface area contributed by atoms with E-state index in [0.717, 1.165) is 25.3 Å². The fraction of sp³-hybridized carbons (Fsp3) is 0.429. The minimum atomic E-state index is 0.604. The van der Waals surface area contributed by atoms with Gasteiger partial charge < -0.3 is 15.8 Å². The molecular formula is C21H28N2O. The van der Waals surface area contributed by atoms with Crippen LogP contribution in [0.4, 0.5) is 0 Å². The highest BCUT2D eigenvalue weighted by atomic mass is 16.5. The van der Waals surface area contributed by atoms with Crippen molar-refractivity contribution in [2.45, 2.75) is 38.3 Å². The van der Waals surface area contributed by atoms with E-state index in [1.54, 1.807) is 0 Å². The molecule has 0 aromatic heterocycles. The van der Waals surface area contributed by atoms with Crippen molar-refractivity contribution < 1.29 is 4.74 Å². The maximum absolute atomic E-state index is 5.91. The summed E-state index contributed by atoms with van der Waals surface area (Å²) in [7, 11) is 0. The Labute approximate surface area is 145 Å². The summed E-state index contributed by atoms with van der Waals surface area (Å²) in [6.45, 7) is 2.42. The van der Waals surface area contributed by atoms with E-state index in [9.17, 15) is 0 Å². The first-order valence-electron chi connectivity index (χ1n) is 9.04. The molecule has 2 aromatic rings. The Balaban J connectivity index is 1.46. The molecule has 128 valence electrons. The number of benzene rings is 2. The quantitative estimate of drug-likeness (QED) is 0.781. The van der Waals surface area contributed by atoms with Crippen molar-refractivity contribution in [2.24, 2.45) is 11.7 Å². The van der Waals surface area contributed by atoms with E-state index in [0.29, 0.717) is 18.6 Å². The maximum Gasteiger partial charge on any atom is 0.120 e. The lowest BCUT2D eigenvalue weighted by Crippen LogP contribution is -2.37. The molecule has 1 aliphatic rings. The first-order chi connectivity index (χ1) is 11.8. The van der Waals surface area contributed by atoms with E-state index in [-0.39, 0.29) is 0 Å². The van der Waals surface area contributed by atoms with Gasteiger partial charge in [-0.05, 0) is 61.5 Å². The molecule has 24 heavy (non-hydrogen) atoms. The van der Waals surface area contributed by atoms with Gasteiger partial charge >= 0.3 is 0 Å². The van der Waals surface area contributed by atoms with Gasteiger partial charge in [-0.1, -0.05) is 48.9 Å². The Kier molecular flexibility index (Phi) is 6.27. The molecule has 3 nitrogen and oxygen atoms in total. The van der Waals surface area contributed by atoms with E-state index in [4.69, 9.17) is 10.5 Å². The first kappa shape index (κ1) is 17.0. The fourth-order valence-electron chi connectivity index (χ4n) is 3.52. The Bertz CT molecular complexity index is 614. The van der Waals surface area contributed by atoms with E-state index >= 15 is 0 Å². The molecule has 0 radical (unpaired) electrons. The van der Waals surface area contributed by atoms with Gasteiger partial charge in [0, 0.05) is 6.04 Å². The van der Waals surface area contributed by atoms with Crippen molar-refractivity contribution in [1.82, 2.24) is 5.32 Å². The highest BCUT2D eigenvalue weighted by Crippen LogP contribution is 2.24. The van der Waals surface area contributed by atoms with Crippen molar-refractivity contribution >= 4 is 0 Å². The lowest BCUT2D eigenvalue weighted by Gasteiger charge is -2.19. The summed E-state index contributed by atoms with van der Waals surface area (Å²) in [6.07, 6.45) is 4.87. The smallest absolute Gasteiger partial charge is 0.120 e. The van der Waals surface area contributed by atoms with Crippen molar-refractivity contribution in [3.63, 3.8) is 0 Å². The summed E-state index contributed by atoms with van der Waals surface area (Å²) in [6, 6.07) is 19.3. The Morgan fingerprint density at radius 3 is 2.67 bits per heavy atom. The van der Waals surface area contributed by atoms with Gasteiger partial charge in [0.15, 0.2) is 0 Å². The number of nitrogens with one attached hydrogen (secondary N) is 1. The Morgan fingerprint density at radius 1 is 1.00 bits per heavy atom. The molecule has 0 spiro atoms. The van der Waals surface area contributed by atoms with Crippen molar-refractivity contribution in [2.75, 3.05) is 13.1 Å². The Hall–Kier alpha value is -1.84. The van der Waals surface area contributed by atoms with Crippen LogP contribution in [0.25, 0.3) is 0 Å². The molecule has 3 heteroatoms. The summed E-state index contributed by atoms with van der Waals surface area (Å²) < 4.78 is 5.91. The highest BCUT2D eigenvalue weighted by molar-refractivity contribution is 5.29. The van der Waals surface area contributed by atoms with E-state index in [2.05, 4.69) is 35.6 Å². The molecule has 1 aliphatic carbocycles. The molecule has 0 saturated heterocycles. The van der Waals surface area contributed by atoms with Gasteiger partial charge in [-0.2, -0.15) is 0 Å². The van der Waals surface area contributed by atoms with Crippen LogP contribution < -0.4 is 15.8 Å². The first-order valence-corrected chi connectivity index (χ1v) is 9.04. The van der Waals surface area contributed by atoms with Crippen LogP contribution in [0.15, 0.2) is 54.6 Å². The van der Waals surface area contributed by atoms with Gasteiger partial charge in [-0.15, -0.1) is 0 Å². The molecular weight excluding hydrogens is 296 g/mol. The van der Waals surface area contributed by atoms with Crippen LogP contribution in [0, 0.1) is 5.92 Å². The predicted molar refractivity (Wildman–Crippen MR) is 99.1 cm³/mol. The summed E-state index contributed by atoms with van der Waals surface area (Å²) >= 11 is 0. The zero-order valence-electron chi connectivity index (χ0n) is 14.3. The molecule has 1 fully saturated rings. The summed E-state index contributed by atoms with van der Waals surface area (Å²) in [5, 5.41) is 3.69. The SMILES string of the molecule is NCC1CCCC1NCCc1cccc(OCc2ccccc2)c1. The van der Waals surface area contributed by atoms with Crippen molar-refractivity contribution in [3.05, 3.63) is 65.7 Å². The second-order valence-corrected chi connectivity index (χ2v) is 6.66. The minimum absolute atomic E-state index is 0.604. The predicted octanol–water partition coefficient (Wildman–Crippen LogP) is 3.53. The van der Waals surface area contributed by atoms with Crippen molar-refractivity contribution in [1.29, 1.82) is 0 Å². The Morgan fingerprint density at radius 2 is 1.83 bits per heavy atom. The van der Waals surface area contributed by atoms with Crippen molar-refractivity contribution in [3.8, 4) is 5.75 Å². The molecule has 3 N–H and O–H groups in total. The number of hydrogen-bond donors (Lipinski definition) is 2. The molecule has 2 unspecified atom stereocenters. The van der Waals surface area contributed by atoms with Gasteiger partial charge in [0.25, 0.3) is 0 Å². The monoisotopic (exact) mass is 324 g/mol. The highest BCUT2D eigenvalue weighted by Gasteiger charge is 2.24. The van der Waals surface area contributed by atoms with E-state index in [1.807, 2.05) is 24.3 Å². The second kappa shape index (κ2) is 8.86. The molecule has 2 atom stereocenters. The lowest BCUT2D eigenvalue weighted by molar-refractivity contribution is 0.306. The topological polar surface area (TPSA) is 47.3 Å². The van der Waals surface area contributed by atoms with Crippen LogP contribution in [-0.2, 0) is 13.0 Å².